The Morgan fingerprint density at radius 3 is 3.00 bits per heavy atom. The Morgan fingerprint density at radius 1 is 1.43 bits per heavy atom. The van der Waals surface area contributed by atoms with Crippen molar-refractivity contribution in [3.05, 3.63) is 29.3 Å². The number of fused-ring (bicyclic) bond motifs is 1. The predicted molar refractivity (Wildman–Crippen MR) is 88.6 cm³/mol. The first-order chi connectivity index (χ1) is 10.1. The molecule has 0 aliphatic rings. The molecule has 2 unspecified atom stereocenters. The first-order valence-corrected chi connectivity index (χ1v) is 8.34. The van der Waals surface area contributed by atoms with Crippen molar-refractivity contribution in [3.8, 4) is 0 Å². The summed E-state index contributed by atoms with van der Waals surface area (Å²) < 4.78 is 1.20. The summed E-state index contributed by atoms with van der Waals surface area (Å²) in [6.07, 6.45) is 3.37. The predicted octanol–water partition coefficient (Wildman–Crippen LogP) is 3.25. The van der Waals surface area contributed by atoms with E-state index in [1.807, 2.05) is 19.2 Å². The van der Waals surface area contributed by atoms with Crippen molar-refractivity contribution in [2.75, 3.05) is 6.54 Å². The summed E-state index contributed by atoms with van der Waals surface area (Å²) in [4.78, 5) is 16.2. The molecule has 0 spiro atoms. The minimum absolute atomic E-state index is 0.107. The standard InChI is InChI=1S/C16H23N3OS/c1-4-11(2)19-16(20)5-7-17-12(3)13-9-15-14(18-10-13)6-8-21-15/h6,8-12,17H,4-5,7H2,1-3H3,(H,19,20). The lowest BCUT2D eigenvalue weighted by atomic mass is 10.1. The van der Waals surface area contributed by atoms with Crippen LogP contribution in [0, 0.1) is 0 Å². The smallest absolute Gasteiger partial charge is 0.221 e. The van der Waals surface area contributed by atoms with Crippen molar-refractivity contribution in [2.24, 2.45) is 0 Å². The fourth-order valence-electron chi connectivity index (χ4n) is 2.07. The van der Waals surface area contributed by atoms with Gasteiger partial charge in [0.2, 0.25) is 5.91 Å². The number of nitrogens with one attached hydrogen (secondary N) is 2. The van der Waals surface area contributed by atoms with Crippen molar-refractivity contribution in [2.45, 2.75) is 45.7 Å². The Kier molecular flexibility index (Phi) is 5.70. The molecule has 0 saturated carbocycles. The second-order valence-corrected chi connectivity index (χ2v) is 6.32. The average molecular weight is 305 g/mol. The fourth-order valence-corrected chi connectivity index (χ4v) is 2.86. The molecule has 0 saturated heterocycles. The summed E-state index contributed by atoms with van der Waals surface area (Å²) in [5.41, 5.74) is 2.20. The summed E-state index contributed by atoms with van der Waals surface area (Å²) in [5, 5.41) is 8.41. The van der Waals surface area contributed by atoms with Gasteiger partial charge in [-0.15, -0.1) is 11.3 Å². The lowest BCUT2D eigenvalue weighted by molar-refractivity contribution is -0.121. The van der Waals surface area contributed by atoms with Crippen molar-refractivity contribution in [1.82, 2.24) is 15.6 Å². The Morgan fingerprint density at radius 2 is 2.24 bits per heavy atom. The molecular weight excluding hydrogens is 282 g/mol. The van der Waals surface area contributed by atoms with Gasteiger partial charge >= 0.3 is 0 Å². The number of carbonyl (C=O) groups excluding carboxylic acids is 1. The number of nitrogens with zero attached hydrogens (tertiary/aromatic N) is 1. The molecule has 114 valence electrons. The molecule has 2 heterocycles. The maximum Gasteiger partial charge on any atom is 0.221 e. The molecular formula is C16H23N3OS. The second-order valence-electron chi connectivity index (χ2n) is 5.38. The van der Waals surface area contributed by atoms with Gasteiger partial charge in [-0.25, -0.2) is 0 Å². The van der Waals surface area contributed by atoms with Crippen LogP contribution in [0.1, 0.15) is 45.2 Å². The maximum absolute atomic E-state index is 11.7. The third-order valence-electron chi connectivity index (χ3n) is 3.65. The molecule has 0 aromatic carbocycles. The highest BCUT2D eigenvalue weighted by Gasteiger charge is 2.09. The normalized spacial score (nSPS) is 14.0. The van der Waals surface area contributed by atoms with E-state index >= 15 is 0 Å². The van der Waals surface area contributed by atoms with Crippen molar-refractivity contribution < 1.29 is 4.79 Å². The van der Waals surface area contributed by atoms with Crippen LogP contribution in [0.25, 0.3) is 10.2 Å². The largest absolute Gasteiger partial charge is 0.354 e. The van der Waals surface area contributed by atoms with Crippen LogP contribution in [0.15, 0.2) is 23.7 Å². The maximum atomic E-state index is 11.7. The highest BCUT2D eigenvalue weighted by molar-refractivity contribution is 7.17. The van der Waals surface area contributed by atoms with Crippen LogP contribution in [-0.2, 0) is 4.79 Å². The van der Waals surface area contributed by atoms with Crippen LogP contribution in [0.5, 0.6) is 0 Å². The zero-order valence-corrected chi connectivity index (χ0v) is 13.7. The van der Waals surface area contributed by atoms with Gasteiger partial charge in [-0.2, -0.15) is 0 Å². The van der Waals surface area contributed by atoms with Gasteiger partial charge in [0.1, 0.15) is 0 Å². The monoisotopic (exact) mass is 305 g/mol. The Balaban J connectivity index is 1.81. The van der Waals surface area contributed by atoms with E-state index in [4.69, 9.17) is 0 Å². The van der Waals surface area contributed by atoms with Crippen LogP contribution >= 0.6 is 11.3 Å². The summed E-state index contributed by atoms with van der Waals surface area (Å²) in [6.45, 7) is 6.86. The lowest BCUT2D eigenvalue weighted by Gasteiger charge is -2.15. The molecule has 2 aromatic heterocycles. The van der Waals surface area contributed by atoms with Gasteiger partial charge in [-0.1, -0.05) is 6.92 Å². The first kappa shape index (κ1) is 15.9. The van der Waals surface area contributed by atoms with Crippen LogP contribution in [0.4, 0.5) is 0 Å². The van der Waals surface area contributed by atoms with Gasteiger partial charge in [-0.3, -0.25) is 9.78 Å². The minimum Gasteiger partial charge on any atom is -0.354 e. The molecule has 0 aliphatic heterocycles. The Hall–Kier alpha value is -1.46. The van der Waals surface area contributed by atoms with Gasteiger partial charge in [0.05, 0.1) is 10.2 Å². The zero-order chi connectivity index (χ0) is 15.2. The molecule has 2 atom stereocenters. The number of amides is 1. The fraction of sp³-hybridized carbons (Fsp3) is 0.500. The highest BCUT2D eigenvalue weighted by atomic mass is 32.1. The van der Waals surface area contributed by atoms with E-state index in [0.29, 0.717) is 13.0 Å². The molecule has 4 nitrogen and oxygen atoms in total. The molecule has 2 N–H and O–H groups in total. The molecule has 1 amide bonds. The topological polar surface area (TPSA) is 54.0 Å². The van der Waals surface area contributed by atoms with Gasteiger partial charge in [0.15, 0.2) is 0 Å². The number of hydrogen-bond donors (Lipinski definition) is 2. The molecule has 2 rings (SSSR count). The number of aromatic nitrogens is 1. The van der Waals surface area contributed by atoms with Crippen LogP contribution in [0.2, 0.25) is 0 Å². The summed E-state index contributed by atoms with van der Waals surface area (Å²) in [6, 6.07) is 4.64. The molecule has 5 heteroatoms. The molecule has 0 bridgehead atoms. The Bertz CT molecular complexity index is 596. The summed E-state index contributed by atoms with van der Waals surface area (Å²) >= 11 is 1.70. The van der Waals surface area contributed by atoms with Crippen LogP contribution < -0.4 is 10.6 Å². The zero-order valence-electron chi connectivity index (χ0n) is 12.8. The second kappa shape index (κ2) is 7.52. The molecule has 0 radical (unpaired) electrons. The van der Waals surface area contributed by atoms with Gasteiger partial charge in [0, 0.05) is 31.2 Å². The number of carbonyl (C=O) groups is 1. The highest BCUT2D eigenvalue weighted by Crippen LogP contribution is 2.22. The summed E-state index contributed by atoms with van der Waals surface area (Å²) in [7, 11) is 0. The van der Waals surface area contributed by atoms with Gasteiger partial charge < -0.3 is 10.6 Å². The third-order valence-corrected chi connectivity index (χ3v) is 4.50. The van der Waals surface area contributed by atoms with E-state index < -0.39 is 0 Å². The van der Waals surface area contributed by atoms with Gasteiger partial charge in [-0.05, 0) is 43.3 Å². The number of pyridine rings is 1. The van der Waals surface area contributed by atoms with E-state index in [9.17, 15) is 4.79 Å². The van der Waals surface area contributed by atoms with E-state index in [2.05, 4.69) is 40.9 Å². The van der Waals surface area contributed by atoms with E-state index in [1.165, 1.54) is 4.70 Å². The number of rotatable bonds is 7. The van der Waals surface area contributed by atoms with Crippen molar-refractivity contribution in [1.29, 1.82) is 0 Å². The van der Waals surface area contributed by atoms with Crippen LogP contribution in [0.3, 0.4) is 0 Å². The third kappa shape index (κ3) is 4.51. The summed E-state index contributed by atoms with van der Waals surface area (Å²) in [5.74, 6) is 0.107. The molecule has 0 aliphatic carbocycles. The number of thiophene rings is 1. The molecule has 2 aromatic rings. The number of hydrogen-bond acceptors (Lipinski definition) is 4. The van der Waals surface area contributed by atoms with E-state index in [1.54, 1.807) is 11.3 Å². The Labute approximate surface area is 130 Å². The first-order valence-electron chi connectivity index (χ1n) is 7.46. The van der Waals surface area contributed by atoms with Gasteiger partial charge in [0.25, 0.3) is 0 Å². The van der Waals surface area contributed by atoms with E-state index in [-0.39, 0.29) is 18.0 Å². The van der Waals surface area contributed by atoms with Crippen molar-refractivity contribution >= 4 is 27.5 Å². The van der Waals surface area contributed by atoms with Crippen molar-refractivity contribution in [3.63, 3.8) is 0 Å². The van der Waals surface area contributed by atoms with E-state index in [0.717, 1.165) is 17.5 Å². The quantitative estimate of drug-likeness (QED) is 0.825. The molecule has 0 fully saturated rings. The minimum atomic E-state index is 0.107. The SMILES string of the molecule is CCC(C)NC(=O)CCNC(C)c1cnc2ccsc2c1. The molecule has 21 heavy (non-hydrogen) atoms. The lowest BCUT2D eigenvalue weighted by Crippen LogP contribution is -2.34. The average Bonchev–Trinajstić information content (AvgIpc) is 2.94. The van der Waals surface area contributed by atoms with Crippen LogP contribution in [-0.4, -0.2) is 23.5 Å².